The van der Waals surface area contributed by atoms with Gasteiger partial charge in [-0.3, -0.25) is 4.79 Å². The second-order valence-corrected chi connectivity index (χ2v) is 9.56. The van der Waals surface area contributed by atoms with Gasteiger partial charge in [-0.1, -0.05) is 31.4 Å². The first-order valence-electron chi connectivity index (χ1n) is 9.37. The Bertz CT molecular complexity index is 696. The zero-order chi connectivity index (χ0) is 17.7. The lowest BCUT2D eigenvalue weighted by Gasteiger charge is -2.22. The molecule has 2 aliphatic rings. The van der Waals surface area contributed by atoms with Gasteiger partial charge in [-0.2, -0.15) is 0 Å². The van der Waals surface area contributed by atoms with Crippen molar-refractivity contribution in [1.29, 1.82) is 0 Å². The van der Waals surface area contributed by atoms with Crippen molar-refractivity contribution >= 4 is 33.8 Å². The minimum Gasteiger partial charge on any atom is -0.326 e. The molecule has 1 heterocycles. The molecule has 2 fully saturated rings. The van der Waals surface area contributed by atoms with Gasteiger partial charge in [-0.05, 0) is 56.5 Å². The Morgan fingerprint density at radius 2 is 1.77 bits per heavy atom. The molecule has 26 heavy (non-hydrogen) atoms. The first-order valence-corrected chi connectivity index (χ1v) is 11.1. The molecule has 1 aliphatic heterocycles. The number of carbonyl (C=O) groups is 1. The number of sulfone groups is 1. The van der Waals surface area contributed by atoms with Crippen LogP contribution < -0.4 is 10.6 Å². The van der Waals surface area contributed by atoms with E-state index in [0.717, 1.165) is 63.6 Å². The summed E-state index contributed by atoms with van der Waals surface area (Å²) < 4.78 is 25.3. The monoisotopic (exact) mass is 400 g/mol. The van der Waals surface area contributed by atoms with Crippen molar-refractivity contribution in [2.24, 2.45) is 5.92 Å². The first kappa shape index (κ1) is 21.2. The van der Waals surface area contributed by atoms with Gasteiger partial charge in [0.25, 0.3) is 0 Å². The molecule has 5 nitrogen and oxygen atoms in total. The molecule has 1 aromatic carbocycles. The van der Waals surface area contributed by atoms with Gasteiger partial charge in [0.2, 0.25) is 5.91 Å². The average molecular weight is 401 g/mol. The fourth-order valence-corrected chi connectivity index (χ4v) is 5.77. The number of benzene rings is 1. The lowest BCUT2D eigenvalue weighted by molar-refractivity contribution is -0.120. The van der Waals surface area contributed by atoms with E-state index in [0.29, 0.717) is 5.69 Å². The van der Waals surface area contributed by atoms with E-state index in [1.54, 1.807) is 6.07 Å². The molecule has 2 N–H and O–H groups in total. The summed E-state index contributed by atoms with van der Waals surface area (Å²) in [5.41, 5.74) is 1.45. The third-order valence-electron chi connectivity index (χ3n) is 5.33. The highest BCUT2D eigenvalue weighted by atomic mass is 35.5. The van der Waals surface area contributed by atoms with Crippen LogP contribution in [0.2, 0.25) is 0 Å². The molecule has 0 unspecified atom stereocenters. The summed E-state index contributed by atoms with van der Waals surface area (Å²) in [5.74, 6) is 0.138. The molecule has 3 rings (SSSR count). The van der Waals surface area contributed by atoms with Gasteiger partial charge in [0.1, 0.15) is 0 Å². The van der Waals surface area contributed by atoms with Gasteiger partial charge < -0.3 is 10.6 Å². The summed E-state index contributed by atoms with van der Waals surface area (Å²) in [5, 5.41) is 6.01. The highest BCUT2D eigenvalue weighted by molar-refractivity contribution is 7.91. The summed E-state index contributed by atoms with van der Waals surface area (Å²) in [6, 6.07) is 7.29. The van der Waals surface area contributed by atoms with Crippen molar-refractivity contribution in [2.75, 3.05) is 18.4 Å². The number of carbonyl (C=O) groups excluding carboxylic acids is 1. The van der Waals surface area contributed by atoms with Crippen molar-refractivity contribution in [3.8, 4) is 0 Å². The minimum absolute atomic E-state index is 0. The summed E-state index contributed by atoms with van der Waals surface area (Å²) in [6.45, 7) is 1.75. The molecule has 7 heteroatoms. The molecule has 0 aromatic heterocycles. The Morgan fingerprint density at radius 1 is 1.08 bits per heavy atom. The van der Waals surface area contributed by atoms with Crippen LogP contribution in [0.25, 0.3) is 0 Å². The van der Waals surface area contributed by atoms with E-state index in [9.17, 15) is 13.2 Å². The number of amides is 1. The molecular weight excluding hydrogens is 372 g/mol. The van der Waals surface area contributed by atoms with Gasteiger partial charge in [-0.25, -0.2) is 8.42 Å². The lowest BCUT2D eigenvalue weighted by atomic mass is 9.97. The van der Waals surface area contributed by atoms with Crippen LogP contribution in [0.1, 0.15) is 50.5 Å². The third kappa shape index (κ3) is 5.69. The number of hydrogen-bond acceptors (Lipinski definition) is 4. The van der Waals surface area contributed by atoms with Crippen LogP contribution >= 0.6 is 12.4 Å². The average Bonchev–Trinajstić information content (AvgIpc) is 2.63. The Balaban J connectivity index is 0.00000243. The molecule has 0 radical (unpaired) electrons. The largest absolute Gasteiger partial charge is 0.326 e. The van der Waals surface area contributed by atoms with Gasteiger partial charge >= 0.3 is 0 Å². The Kier molecular flexibility index (Phi) is 7.92. The fourth-order valence-electron chi connectivity index (χ4n) is 3.84. The smallest absolute Gasteiger partial charge is 0.227 e. The highest BCUT2D eigenvalue weighted by Crippen LogP contribution is 2.27. The van der Waals surface area contributed by atoms with Gasteiger partial charge in [-0.15, -0.1) is 12.4 Å². The molecule has 0 spiro atoms. The maximum Gasteiger partial charge on any atom is 0.227 e. The van der Waals surface area contributed by atoms with Crippen LogP contribution in [-0.4, -0.2) is 32.7 Å². The van der Waals surface area contributed by atoms with Gasteiger partial charge in [0.15, 0.2) is 9.84 Å². The number of rotatable bonds is 5. The van der Waals surface area contributed by atoms with E-state index in [1.807, 2.05) is 18.2 Å². The molecule has 1 aliphatic carbocycles. The van der Waals surface area contributed by atoms with Gasteiger partial charge in [0.05, 0.1) is 11.0 Å². The fraction of sp³-hybridized carbons (Fsp3) is 0.632. The maximum absolute atomic E-state index is 12.6. The van der Waals surface area contributed by atoms with Crippen LogP contribution in [0.15, 0.2) is 24.3 Å². The van der Waals surface area contributed by atoms with E-state index in [4.69, 9.17) is 0 Å². The first-order chi connectivity index (χ1) is 12.0. The van der Waals surface area contributed by atoms with Crippen LogP contribution in [0.3, 0.4) is 0 Å². The van der Waals surface area contributed by atoms with E-state index in [-0.39, 0.29) is 35.2 Å². The Hall–Kier alpha value is -1.11. The van der Waals surface area contributed by atoms with Crippen molar-refractivity contribution in [1.82, 2.24) is 5.32 Å². The van der Waals surface area contributed by atoms with Crippen LogP contribution in [0.5, 0.6) is 0 Å². The zero-order valence-corrected chi connectivity index (χ0v) is 16.7. The van der Waals surface area contributed by atoms with Crippen molar-refractivity contribution < 1.29 is 13.2 Å². The molecular formula is C19H29ClN2O3S. The van der Waals surface area contributed by atoms with E-state index >= 15 is 0 Å². The van der Waals surface area contributed by atoms with Crippen LogP contribution in [-0.2, 0) is 20.4 Å². The number of nitrogens with one attached hydrogen (secondary N) is 2. The predicted molar refractivity (Wildman–Crippen MR) is 107 cm³/mol. The van der Waals surface area contributed by atoms with Crippen molar-refractivity contribution in [3.63, 3.8) is 0 Å². The van der Waals surface area contributed by atoms with Gasteiger partial charge in [0, 0.05) is 11.6 Å². The maximum atomic E-state index is 12.6. The second-order valence-electron chi connectivity index (χ2n) is 7.28. The SMILES string of the molecule is Cl.O=C(Nc1cccc(CS(=O)(=O)C2CCCCC2)c1)C1CCNCC1. The standard InChI is InChI=1S/C19H28N2O3S.ClH/c22-19(16-9-11-20-12-10-16)21-17-6-4-5-15(13-17)14-25(23,24)18-7-2-1-3-8-18;/h4-6,13,16,18,20H,1-3,7-12,14H2,(H,21,22);1H. The van der Waals surface area contributed by atoms with E-state index in [2.05, 4.69) is 10.6 Å². The second kappa shape index (κ2) is 9.72. The molecule has 0 atom stereocenters. The number of anilines is 1. The summed E-state index contributed by atoms with van der Waals surface area (Å²) >= 11 is 0. The zero-order valence-electron chi connectivity index (χ0n) is 15.1. The summed E-state index contributed by atoms with van der Waals surface area (Å²) in [4.78, 5) is 12.4. The van der Waals surface area contributed by atoms with Crippen LogP contribution in [0.4, 0.5) is 5.69 Å². The topological polar surface area (TPSA) is 75.3 Å². The highest BCUT2D eigenvalue weighted by Gasteiger charge is 2.27. The summed E-state index contributed by atoms with van der Waals surface area (Å²) in [7, 11) is -3.12. The molecule has 146 valence electrons. The molecule has 0 bridgehead atoms. The third-order valence-corrected chi connectivity index (χ3v) is 7.56. The molecule has 1 amide bonds. The quantitative estimate of drug-likeness (QED) is 0.795. The number of hydrogen-bond donors (Lipinski definition) is 2. The predicted octanol–water partition coefficient (Wildman–Crippen LogP) is 3.29. The summed E-state index contributed by atoms with van der Waals surface area (Å²) in [6.07, 6.45) is 6.43. The van der Waals surface area contributed by atoms with E-state index in [1.165, 1.54) is 0 Å². The minimum atomic E-state index is -3.12. The Morgan fingerprint density at radius 3 is 2.46 bits per heavy atom. The van der Waals surface area contributed by atoms with Crippen molar-refractivity contribution in [3.05, 3.63) is 29.8 Å². The normalized spacial score (nSPS) is 19.5. The Labute approximate surface area is 162 Å². The lowest BCUT2D eigenvalue weighted by Crippen LogP contribution is -2.34. The molecule has 1 aromatic rings. The molecule has 1 saturated carbocycles. The number of piperidine rings is 1. The number of halogens is 1. The molecule has 1 saturated heterocycles. The van der Waals surface area contributed by atoms with Crippen molar-refractivity contribution in [2.45, 2.75) is 55.9 Å². The van der Waals surface area contributed by atoms with E-state index < -0.39 is 9.84 Å². The van der Waals surface area contributed by atoms with Crippen LogP contribution in [0, 0.1) is 5.92 Å².